The van der Waals surface area contributed by atoms with E-state index in [-0.39, 0.29) is 6.10 Å². The number of fused-ring (bicyclic) bond motifs is 1. The highest BCUT2D eigenvalue weighted by Gasteiger charge is 2.27. The molecule has 1 aromatic heterocycles. The third-order valence-corrected chi connectivity index (χ3v) is 3.78. The summed E-state index contributed by atoms with van der Waals surface area (Å²) in [6.45, 7) is 2.95. The normalized spacial score (nSPS) is 23.2. The molecule has 1 fully saturated rings. The molecule has 0 spiro atoms. The number of rotatable bonds is 4. The number of benzene rings is 1. The molecule has 1 heterocycles. The molecule has 2 N–H and O–H groups in total. The smallest absolute Gasteiger partial charge is 0.134 e. The molecule has 18 heavy (non-hydrogen) atoms. The Balaban J connectivity index is 1.81. The van der Waals surface area contributed by atoms with Crippen LogP contribution in [0.1, 0.15) is 31.1 Å². The predicted octanol–water partition coefficient (Wildman–Crippen LogP) is 2.61. The molecule has 3 nitrogen and oxygen atoms in total. The molecule has 3 rings (SSSR count). The zero-order chi connectivity index (χ0) is 12.5. The molecule has 3 heteroatoms. The molecular formula is C15H19NO2. The van der Waals surface area contributed by atoms with Crippen molar-refractivity contribution in [3.8, 4) is 0 Å². The van der Waals surface area contributed by atoms with Crippen LogP contribution in [-0.2, 0) is 13.0 Å². The zero-order valence-electron chi connectivity index (χ0n) is 10.6. The van der Waals surface area contributed by atoms with Gasteiger partial charge in [-0.15, -0.1) is 0 Å². The van der Waals surface area contributed by atoms with Gasteiger partial charge in [0.15, 0.2) is 0 Å². The first-order valence-electron chi connectivity index (χ1n) is 6.68. The molecule has 1 aromatic carbocycles. The van der Waals surface area contributed by atoms with Crippen LogP contribution in [0.2, 0.25) is 0 Å². The molecule has 0 unspecified atom stereocenters. The summed E-state index contributed by atoms with van der Waals surface area (Å²) < 4.78 is 5.86. The largest absolute Gasteiger partial charge is 0.461 e. The molecule has 1 aliphatic carbocycles. The number of para-hydroxylation sites is 1. The van der Waals surface area contributed by atoms with Crippen LogP contribution < -0.4 is 5.32 Å². The predicted molar refractivity (Wildman–Crippen MR) is 71.5 cm³/mol. The molecule has 0 amide bonds. The van der Waals surface area contributed by atoms with E-state index in [1.165, 1.54) is 10.9 Å². The fraction of sp³-hybridized carbons (Fsp3) is 0.467. The van der Waals surface area contributed by atoms with Crippen LogP contribution in [0.3, 0.4) is 0 Å². The molecule has 1 saturated carbocycles. The van der Waals surface area contributed by atoms with Gasteiger partial charge in [0, 0.05) is 30.0 Å². The minimum absolute atomic E-state index is 0.103. The van der Waals surface area contributed by atoms with Gasteiger partial charge in [-0.05, 0) is 18.9 Å². The van der Waals surface area contributed by atoms with Crippen molar-refractivity contribution in [3.63, 3.8) is 0 Å². The average Bonchev–Trinajstić information content (AvgIpc) is 2.71. The Morgan fingerprint density at radius 3 is 2.83 bits per heavy atom. The van der Waals surface area contributed by atoms with Crippen molar-refractivity contribution in [1.82, 2.24) is 5.32 Å². The first-order chi connectivity index (χ1) is 8.78. The highest BCUT2D eigenvalue weighted by Crippen LogP contribution is 2.27. The van der Waals surface area contributed by atoms with E-state index in [4.69, 9.17) is 4.42 Å². The van der Waals surface area contributed by atoms with Crippen LogP contribution in [0, 0.1) is 0 Å². The third-order valence-electron chi connectivity index (χ3n) is 3.78. The van der Waals surface area contributed by atoms with Gasteiger partial charge >= 0.3 is 0 Å². The van der Waals surface area contributed by atoms with Gasteiger partial charge in [0.2, 0.25) is 0 Å². The summed E-state index contributed by atoms with van der Waals surface area (Å²) in [4.78, 5) is 0. The van der Waals surface area contributed by atoms with Gasteiger partial charge in [0.05, 0.1) is 6.10 Å². The molecule has 0 saturated heterocycles. The van der Waals surface area contributed by atoms with Crippen molar-refractivity contribution in [2.75, 3.05) is 0 Å². The maximum atomic E-state index is 9.29. The SMILES string of the molecule is CCc1oc2ccccc2c1CNC1CC(O)C1. The summed E-state index contributed by atoms with van der Waals surface area (Å²) in [5.74, 6) is 1.07. The first kappa shape index (κ1) is 11.8. The van der Waals surface area contributed by atoms with Gasteiger partial charge in [0.1, 0.15) is 11.3 Å². The lowest BCUT2D eigenvalue weighted by atomic mass is 9.89. The Labute approximate surface area is 107 Å². The van der Waals surface area contributed by atoms with Crippen LogP contribution in [-0.4, -0.2) is 17.3 Å². The number of aryl methyl sites for hydroxylation is 1. The molecule has 0 bridgehead atoms. The standard InChI is InChI=1S/C15H19NO2/c1-2-14-13(9-16-10-7-11(17)8-10)12-5-3-4-6-15(12)18-14/h3-6,10-11,16-17H,2,7-9H2,1H3. The van der Waals surface area contributed by atoms with E-state index in [1.807, 2.05) is 18.2 Å². The molecule has 1 aliphatic rings. The Hall–Kier alpha value is -1.32. The van der Waals surface area contributed by atoms with Crippen molar-refractivity contribution in [3.05, 3.63) is 35.6 Å². The van der Waals surface area contributed by atoms with Gasteiger partial charge in [-0.25, -0.2) is 0 Å². The number of aliphatic hydroxyl groups is 1. The van der Waals surface area contributed by atoms with Gasteiger partial charge in [-0.2, -0.15) is 0 Å². The van der Waals surface area contributed by atoms with Gasteiger partial charge in [0.25, 0.3) is 0 Å². The summed E-state index contributed by atoms with van der Waals surface area (Å²) >= 11 is 0. The van der Waals surface area contributed by atoms with Crippen molar-refractivity contribution in [1.29, 1.82) is 0 Å². The maximum absolute atomic E-state index is 9.29. The van der Waals surface area contributed by atoms with E-state index in [0.717, 1.165) is 37.2 Å². The van der Waals surface area contributed by atoms with E-state index in [0.29, 0.717) is 6.04 Å². The highest BCUT2D eigenvalue weighted by atomic mass is 16.3. The molecule has 2 aromatic rings. The second-order valence-electron chi connectivity index (χ2n) is 5.06. The van der Waals surface area contributed by atoms with Crippen LogP contribution in [0.15, 0.2) is 28.7 Å². The Morgan fingerprint density at radius 2 is 2.11 bits per heavy atom. The topological polar surface area (TPSA) is 45.4 Å². The molecule has 0 atom stereocenters. The second-order valence-corrected chi connectivity index (χ2v) is 5.06. The average molecular weight is 245 g/mol. The minimum Gasteiger partial charge on any atom is -0.461 e. The lowest BCUT2D eigenvalue weighted by molar-refractivity contribution is 0.0619. The van der Waals surface area contributed by atoms with Crippen LogP contribution in [0.25, 0.3) is 11.0 Å². The lowest BCUT2D eigenvalue weighted by Crippen LogP contribution is -2.43. The molecular weight excluding hydrogens is 226 g/mol. The van der Waals surface area contributed by atoms with E-state index >= 15 is 0 Å². The Bertz CT molecular complexity index is 540. The second kappa shape index (κ2) is 4.75. The monoisotopic (exact) mass is 245 g/mol. The summed E-state index contributed by atoms with van der Waals surface area (Å²) in [5, 5.41) is 14.0. The first-order valence-corrected chi connectivity index (χ1v) is 6.68. The minimum atomic E-state index is -0.103. The summed E-state index contributed by atoms with van der Waals surface area (Å²) in [5.41, 5.74) is 2.24. The lowest BCUT2D eigenvalue weighted by Gasteiger charge is -2.32. The maximum Gasteiger partial charge on any atom is 0.134 e. The van der Waals surface area contributed by atoms with Gasteiger partial charge in [-0.1, -0.05) is 25.1 Å². The summed E-state index contributed by atoms with van der Waals surface area (Å²) in [6.07, 6.45) is 2.56. The molecule has 0 radical (unpaired) electrons. The Morgan fingerprint density at radius 1 is 1.33 bits per heavy atom. The highest BCUT2D eigenvalue weighted by molar-refractivity contribution is 5.82. The third kappa shape index (κ3) is 2.04. The van der Waals surface area contributed by atoms with E-state index in [9.17, 15) is 5.11 Å². The number of hydrogen-bond acceptors (Lipinski definition) is 3. The number of aliphatic hydroxyl groups excluding tert-OH is 1. The Kier molecular flexibility index (Phi) is 3.10. The fourth-order valence-electron chi connectivity index (χ4n) is 2.63. The fourth-order valence-corrected chi connectivity index (χ4v) is 2.63. The van der Waals surface area contributed by atoms with Crippen LogP contribution in [0.5, 0.6) is 0 Å². The van der Waals surface area contributed by atoms with Gasteiger partial charge in [-0.3, -0.25) is 0 Å². The number of nitrogens with one attached hydrogen (secondary N) is 1. The number of furan rings is 1. The van der Waals surface area contributed by atoms with Gasteiger partial charge < -0.3 is 14.8 Å². The van der Waals surface area contributed by atoms with Crippen molar-refractivity contribution in [2.45, 2.75) is 44.9 Å². The van der Waals surface area contributed by atoms with Crippen molar-refractivity contribution >= 4 is 11.0 Å². The summed E-state index contributed by atoms with van der Waals surface area (Å²) in [7, 11) is 0. The quantitative estimate of drug-likeness (QED) is 0.870. The van der Waals surface area contributed by atoms with E-state index in [1.54, 1.807) is 0 Å². The van der Waals surface area contributed by atoms with E-state index in [2.05, 4.69) is 18.3 Å². The molecule has 0 aliphatic heterocycles. The zero-order valence-corrected chi connectivity index (χ0v) is 10.6. The van der Waals surface area contributed by atoms with Crippen molar-refractivity contribution < 1.29 is 9.52 Å². The summed E-state index contributed by atoms with van der Waals surface area (Å²) in [6, 6.07) is 8.65. The van der Waals surface area contributed by atoms with E-state index < -0.39 is 0 Å². The van der Waals surface area contributed by atoms with Crippen LogP contribution in [0.4, 0.5) is 0 Å². The van der Waals surface area contributed by atoms with Crippen LogP contribution >= 0.6 is 0 Å². The molecule has 96 valence electrons. The number of hydrogen-bond donors (Lipinski definition) is 2. The van der Waals surface area contributed by atoms with Crippen molar-refractivity contribution in [2.24, 2.45) is 0 Å².